The van der Waals surface area contributed by atoms with E-state index in [0.29, 0.717) is 17.2 Å². The number of halogens is 3. The molecule has 0 amide bonds. The van der Waals surface area contributed by atoms with Crippen molar-refractivity contribution in [3.63, 3.8) is 0 Å². The molecule has 1 heterocycles. The average Bonchev–Trinajstić information content (AvgIpc) is 2.33. The molecule has 0 aromatic carbocycles. The summed E-state index contributed by atoms with van der Waals surface area (Å²) >= 11 is 1.34. The molecule has 0 aliphatic carbocycles. The van der Waals surface area contributed by atoms with E-state index in [2.05, 4.69) is 4.98 Å². The van der Waals surface area contributed by atoms with Crippen LogP contribution in [-0.2, 0) is 11.0 Å². The van der Waals surface area contributed by atoms with Gasteiger partial charge in [-0.2, -0.15) is 13.2 Å². The fourth-order valence-electron chi connectivity index (χ4n) is 1.20. The van der Waals surface area contributed by atoms with Gasteiger partial charge in [-0.25, -0.2) is 4.98 Å². The molecule has 6 heteroatoms. The Bertz CT molecular complexity index is 466. The fourth-order valence-corrected chi connectivity index (χ4v) is 1.98. The summed E-state index contributed by atoms with van der Waals surface area (Å²) in [4.78, 5) is 14.5. The van der Waals surface area contributed by atoms with Crippen molar-refractivity contribution in [3.05, 3.63) is 35.5 Å². The molecule has 1 rings (SSSR count). The molecule has 0 atom stereocenters. The standard InChI is InChI=1S/C13H14F3NOS/c1-9(3-4-10(2)18)8-19-12-6-5-11(7-17-12)13(14,15)16/h3,5-7H,4,8H2,1-2H3/b9-3+. The lowest BCUT2D eigenvalue weighted by Crippen LogP contribution is -2.05. The van der Waals surface area contributed by atoms with Gasteiger partial charge in [-0.05, 0) is 26.0 Å². The van der Waals surface area contributed by atoms with Crippen LogP contribution < -0.4 is 0 Å². The molecule has 0 fully saturated rings. The first-order chi connectivity index (χ1) is 8.79. The van der Waals surface area contributed by atoms with Crippen molar-refractivity contribution in [2.75, 3.05) is 5.75 Å². The first-order valence-electron chi connectivity index (χ1n) is 5.60. The highest BCUT2D eigenvalue weighted by Gasteiger charge is 2.30. The van der Waals surface area contributed by atoms with E-state index in [9.17, 15) is 18.0 Å². The summed E-state index contributed by atoms with van der Waals surface area (Å²) in [5, 5.41) is 0.531. The maximum Gasteiger partial charge on any atom is 0.417 e. The predicted octanol–water partition coefficient (Wildman–Crippen LogP) is 4.12. The fraction of sp³-hybridized carbons (Fsp3) is 0.385. The monoisotopic (exact) mass is 289 g/mol. The summed E-state index contributed by atoms with van der Waals surface area (Å²) in [5.41, 5.74) is 0.252. The number of carbonyl (C=O) groups is 1. The number of ketones is 1. The normalized spacial score (nSPS) is 12.6. The lowest BCUT2D eigenvalue weighted by molar-refractivity contribution is -0.137. The summed E-state index contributed by atoms with van der Waals surface area (Å²) in [6.45, 7) is 3.38. The van der Waals surface area contributed by atoms with Gasteiger partial charge in [0.2, 0.25) is 0 Å². The molecule has 0 saturated heterocycles. The second-order valence-electron chi connectivity index (χ2n) is 4.13. The smallest absolute Gasteiger partial charge is 0.300 e. The number of hydrogen-bond acceptors (Lipinski definition) is 3. The van der Waals surface area contributed by atoms with Crippen molar-refractivity contribution >= 4 is 17.5 Å². The number of aromatic nitrogens is 1. The van der Waals surface area contributed by atoms with Crippen LogP contribution in [0, 0.1) is 0 Å². The van der Waals surface area contributed by atoms with Crippen LogP contribution in [0.1, 0.15) is 25.8 Å². The number of thioether (sulfide) groups is 1. The second kappa shape index (κ2) is 6.75. The van der Waals surface area contributed by atoms with E-state index >= 15 is 0 Å². The van der Waals surface area contributed by atoms with E-state index in [0.717, 1.165) is 17.8 Å². The number of pyridine rings is 1. The van der Waals surface area contributed by atoms with Gasteiger partial charge in [-0.3, -0.25) is 4.79 Å². The van der Waals surface area contributed by atoms with E-state index in [1.54, 1.807) is 0 Å². The van der Waals surface area contributed by atoms with Gasteiger partial charge in [-0.15, -0.1) is 11.8 Å². The molecule has 0 bridgehead atoms. The van der Waals surface area contributed by atoms with Gasteiger partial charge in [0.15, 0.2) is 0 Å². The van der Waals surface area contributed by atoms with E-state index in [1.165, 1.54) is 24.8 Å². The minimum Gasteiger partial charge on any atom is -0.300 e. The van der Waals surface area contributed by atoms with Gasteiger partial charge >= 0.3 is 6.18 Å². The SMILES string of the molecule is CC(=O)C/C=C(\C)CSc1ccc(C(F)(F)F)cn1. The molecule has 0 aliphatic heterocycles. The zero-order valence-electron chi connectivity index (χ0n) is 10.6. The molecule has 2 nitrogen and oxygen atoms in total. The molecule has 1 aromatic rings. The number of allylic oxidation sites excluding steroid dienone is 1. The number of carbonyl (C=O) groups excluding carboxylic acids is 1. The van der Waals surface area contributed by atoms with Gasteiger partial charge in [0, 0.05) is 18.4 Å². The van der Waals surface area contributed by atoms with E-state index in [4.69, 9.17) is 0 Å². The molecule has 0 radical (unpaired) electrons. The first kappa shape index (κ1) is 15.8. The molecule has 1 aromatic heterocycles. The van der Waals surface area contributed by atoms with Crippen LogP contribution in [-0.4, -0.2) is 16.5 Å². The number of rotatable bonds is 5. The number of Topliss-reactive ketones (excluding diaryl/α,β-unsaturated/α-hetero) is 1. The van der Waals surface area contributed by atoms with Crippen LogP contribution in [0.3, 0.4) is 0 Å². The van der Waals surface area contributed by atoms with E-state index in [-0.39, 0.29) is 5.78 Å². The molecule has 0 N–H and O–H groups in total. The van der Waals surface area contributed by atoms with Crippen molar-refractivity contribution in [1.82, 2.24) is 4.98 Å². The molecular weight excluding hydrogens is 275 g/mol. The Morgan fingerprint density at radius 3 is 2.53 bits per heavy atom. The van der Waals surface area contributed by atoms with Gasteiger partial charge in [0.05, 0.1) is 10.6 Å². The quantitative estimate of drug-likeness (QED) is 0.603. The largest absolute Gasteiger partial charge is 0.417 e. The minimum absolute atomic E-state index is 0.0806. The highest BCUT2D eigenvalue weighted by atomic mass is 32.2. The third-order valence-electron chi connectivity index (χ3n) is 2.25. The third kappa shape index (κ3) is 5.92. The van der Waals surface area contributed by atoms with Gasteiger partial charge in [0.25, 0.3) is 0 Å². The topological polar surface area (TPSA) is 30.0 Å². The van der Waals surface area contributed by atoms with Gasteiger partial charge in [-0.1, -0.05) is 11.6 Å². The summed E-state index contributed by atoms with van der Waals surface area (Å²) in [5.74, 6) is 0.683. The van der Waals surface area contributed by atoms with Crippen LogP contribution in [0.2, 0.25) is 0 Å². The highest BCUT2D eigenvalue weighted by molar-refractivity contribution is 7.99. The number of nitrogens with zero attached hydrogens (tertiary/aromatic N) is 1. The van der Waals surface area contributed by atoms with Gasteiger partial charge < -0.3 is 0 Å². The Kier molecular flexibility index (Phi) is 5.60. The zero-order valence-corrected chi connectivity index (χ0v) is 11.4. The van der Waals surface area contributed by atoms with Crippen molar-refractivity contribution in [3.8, 4) is 0 Å². The Hall–Kier alpha value is -1.30. The zero-order chi connectivity index (χ0) is 14.5. The molecular formula is C13H14F3NOS. The Morgan fingerprint density at radius 1 is 1.37 bits per heavy atom. The van der Waals surface area contributed by atoms with Crippen LogP contribution in [0.15, 0.2) is 35.0 Å². The second-order valence-corrected chi connectivity index (χ2v) is 5.12. The molecule has 0 saturated carbocycles. The highest BCUT2D eigenvalue weighted by Crippen LogP contribution is 2.29. The maximum atomic E-state index is 12.3. The van der Waals surface area contributed by atoms with Gasteiger partial charge in [0.1, 0.15) is 5.78 Å². The summed E-state index contributed by atoms with van der Waals surface area (Å²) in [6, 6.07) is 2.37. The van der Waals surface area contributed by atoms with Crippen LogP contribution in [0.5, 0.6) is 0 Å². The number of hydrogen-bond donors (Lipinski definition) is 0. The summed E-state index contributed by atoms with van der Waals surface area (Å²) in [7, 11) is 0. The summed E-state index contributed by atoms with van der Waals surface area (Å²) in [6.07, 6.45) is -1.32. The average molecular weight is 289 g/mol. The van der Waals surface area contributed by atoms with Crippen molar-refractivity contribution in [2.24, 2.45) is 0 Å². The molecule has 0 spiro atoms. The first-order valence-corrected chi connectivity index (χ1v) is 6.58. The Balaban J connectivity index is 2.55. The van der Waals surface area contributed by atoms with Crippen LogP contribution in [0.4, 0.5) is 13.2 Å². The molecule has 0 aliphatic rings. The molecule has 0 unspecified atom stereocenters. The van der Waals surface area contributed by atoms with Crippen LogP contribution in [0.25, 0.3) is 0 Å². The van der Waals surface area contributed by atoms with E-state index < -0.39 is 11.7 Å². The lowest BCUT2D eigenvalue weighted by atomic mass is 10.2. The minimum atomic E-state index is -4.35. The molecule has 104 valence electrons. The van der Waals surface area contributed by atoms with Crippen LogP contribution >= 0.6 is 11.8 Å². The van der Waals surface area contributed by atoms with E-state index in [1.807, 2.05) is 13.0 Å². The Morgan fingerprint density at radius 2 is 2.05 bits per heavy atom. The Labute approximate surface area is 114 Å². The van der Waals surface area contributed by atoms with Crippen molar-refractivity contribution in [1.29, 1.82) is 0 Å². The number of alkyl halides is 3. The lowest BCUT2D eigenvalue weighted by Gasteiger charge is -2.06. The third-order valence-corrected chi connectivity index (χ3v) is 3.39. The predicted molar refractivity (Wildman–Crippen MR) is 69.0 cm³/mol. The maximum absolute atomic E-state index is 12.3. The van der Waals surface area contributed by atoms with Crippen molar-refractivity contribution in [2.45, 2.75) is 31.5 Å². The molecule has 19 heavy (non-hydrogen) atoms. The van der Waals surface area contributed by atoms with Crippen molar-refractivity contribution < 1.29 is 18.0 Å². The summed E-state index contributed by atoms with van der Waals surface area (Å²) < 4.78 is 37.0.